The summed E-state index contributed by atoms with van der Waals surface area (Å²) in [6, 6.07) is 21.3. The van der Waals surface area contributed by atoms with Crippen molar-refractivity contribution in [2.45, 2.75) is 31.2 Å². The number of anilines is 1. The monoisotopic (exact) mass is 496 g/mol. The highest BCUT2D eigenvalue weighted by molar-refractivity contribution is 8.00. The van der Waals surface area contributed by atoms with Crippen molar-refractivity contribution in [3.8, 4) is 17.1 Å². The van der Waals surface area contributed by atoms with Gasteiger partial charge in [0.15, 0.2) is 16.8 Å². The van der Waals surface area contributed by atoms with E-state index in [1.54, 1.807) is 25.4 Å². The molecule has 3 heterocycles. The van der Waals surface area contributed by atoms with E-state index in [9.17, 15) is 4.79 Å². The molecule has 0 radical (unpaired) electrons. The van der Waals surface area contributed by atoms with Crippen LogP contribution in [-0.2, 0) is 4.79 Å². The molecule has 1 N–H and O–H groups in total. The normalized spacial score (nSPS) is 11.9. The first-order valence-corrected chi connectivity index (χ1v) is 12.3. The van der Waals surface area contributed by atoms with Crippen LogP contribution in [-0.4, -0.2) is 30.8 Å². The summed E-state index contributed by atoms with van der Waals surface area (Å²) < 4.78 is 7.10. The molecule has 0 fully saturated rings. The number of thioether (sulfide) groups is 1. The number of rotatable bonds is 7. The Kier molecular flexibility index (Phi) is 6.64. The number of carbonyl (C=O) groups excluding carboxylic acids is 1. The van der Waals surface area contributed by atoms with Crippen LogP contribution in [0.3, 0.4) is 0 Å². The first-order chi connectivity index (χ1) is 17.5. The van der Waals surface area contributed by atoms with E-state index in [-0.39, 0.29) is 5.91 Å². The first-order valence-electron chi connectivity index (χ1n) is 11.4. The van der Waals surface area contributed by atoms with Gasteiger partial charge in [0.1, 0.15) is 11.0 Å². The summed E-state index contributed by atoms with van der Waals surface area (Å²) in [6.45, 7) is 5.92. The summed E-state index contributed by atoms with van der Waals surface area (Å²) in [7, 11) is 0. The van der Waals surface area contributed by atoms with E-state index < -0.39 is 5.25 Å². The predicted octanol–water partition coefficient (Wildman–Crippen LogP) is 5.71. The molecule has 5 rings (SSSR count). The van der Waals surface area contributed by atoms with Gasteiger partial charge in [-0.1, -0.05) is 53.3 Å². The summed E-state index contributed by atoms with van der Waals surface area (Å²) in [4.78, 5) is 17.6. The van der Waals surface area contributed by atoms with Crippen LogP contribution in [0.5, 0.6) is 0 Å². The van der Waals surface area contributed by atoms with Gasteiger partial charge in [0.05, 0.1) is 5.69 Å². The van der Waals surface area contributed by atoms with Crippen molar-refractivity contribution in [2.24, 2.45) is 0 Å². The zero-order valence-corrected chi connectivity index (χ0v) is 20.9. The molecule has 36 heavy (non-hydrogen) atoms. The Morgan fingerprint density at radius 2 is 1.72 bits per heavy atom. The first kappa shape index (κ1) is 23.5. The molecule has 0 aliphatic heterocycles. The molecular formula is C27H24N6O2S. The Morgan fingerprint density at radius 3 is 2.42 bits per heavy atom. The van der Waals surface area contributed by atoms with Crippen LogP contribution >= 0.6 is 11.8 Å². The van der Waals surface area contributed by atoms with E-state index in [0.717, 1.165) is 22.4 Å². The molecule has 0 unspecified atom stereocenters. The molecule has 0 saturated carbocycles. The Bertz CT molecular complexity index is 1500. The average molecular weight is 497 g/mol. The molecule has 1 atom stereocenters. The fourth-order valence-electron chi connectivity index (χ4n) is 3.75. The number of hydrogen-bond acceptors (Lipinski definition) is 7. The lowest BCUT2D eigenvalue weighted by atomic mass is 10.1. The standard InChI is InChI=1S/C27H24N6O2S/c1-17-9-10-22(15-18(17)2)33-25(21-11-13-28-14-12-21)30-31-27(33)36-24(20-7-5-4-6-8-20)26(34)29-23-16-19(3)35-32-23/h4-16,24H,1-3H3,(H,29,32,34)/t24-/m1/s1. The van der Waals surface area contributed by atoms with Gasteiger partial charge in [0, 0.05) is 24.0 Å². The zero-order valence-electron chi connectivity index (χ0n) is 20.0. The molecule has 5 aromatic rings. The van der Waals surface area contributed by atoms with Crippen molar-refractivity contribution in [2.75, 3.05) is 5.32 Å². The largest absolute Gasteiger partial charge is 0.360 e. The Morgan fingerprint density at radius 1 is 0.944 bits per heavy atom. The van der Waals surface area contributed by atoms with Crippen molar-refractivity contribution in [3.05, 3.63) is 102 Å². The van der Waals surface area contributed by atoms with Crippen molar-refractivity contribution >= 4 is 23.5 Å². The Balaban J connectivity index is 1.58. The smallest absolute Gasteiger partial charge is 0.243 e. The fourth-order valence-corrected chi connectivity index (χ4v) is 4.81. The van der Waals surface area contributed by atoms with E-state index in [1.807, 2.05) is 53.1 Å². The lowest BCUT2D eigenvalue weighted by molar-refractivity contribution is -0.115. The van der Waals surface area contributed by atoms with Crippen molar-refractivity contribution in [1.82, 2.24) is 24.9 Å². The van der Waals surface area contributed by atoms with Crippen molar-refractivity contribution in [1.29, 1.82) is 0 Å². The van der Waals surface area contributed by atoms with Gasteiger partial charge in [-0.2, -0.15) is 0 Å². The predicted molar refractivity (Wildman–Crippen MR) is 139 cm³/mol. The average Bonchev–Trinajstić information content (AvgIpc) is 3.51. The quantitative estimate of drug-likeness (QED) is 0.288. The molecule has 0 bridgehead atoms. The van der Waals surface area contributed by atoms with Gasteiger partial charge in [-0.05, 0) is 61.7 Å². The van der Waals surface area contributed by atoms with E-state index >= 15 is 0 Å². The van der Waals surface area contributed by atoms with Gasteiger partial charge in [-0.25, -0.2) is 0 Å². The van der Waals surface area contributed by atoms with Crippen LogP contribution in [0.25, 0.3) is 17.1 Å². The number of aryl methyl sites for hydroxylation is 3. The summed E-state index contributed by atoms with van der Waals surface area (Å²) >= 11 is 1.33. The molecule has 180 valence electrons. The van der Waals surface area contributed by atoms with Gasteiger partial charge in [-0.15, -0.1) is 10.2 Å². The van der Waals surface area contributed by atoms with Gasteiger partial charge in [0.2, 0.25) is 5.91 Å². The van der Waals surface area contributed by atoms with E-state index in [0.29, 0.717) is 22.6 Å². The van der Waals surface area contributed by atoms with Crippen LogP contribution in [0.4, 0.5) is 5.82 Å². The second-order valence-electron chi connectivity index (χ2n) is 8.37. The van der Waals surface area contributed by atoms with Crippen LogP contribution in [0.15, 0.2) is 88.8 Å². The highest BCUT2D eigenvalue weighted by Crippen LogP contribution is 2.38. The van der Waals surface area contributed by atoms with Crippen LogP contribution in [0.2, 0.25) is 0 Å². The maximum atomic E-state index is 13.5. The molecule has 8 nitrogen and oxygen atoms in total. The number of carbonyl (C=O) groups is 1. The number of benzene rings is 2. The van der Waals surface area contributed by atoms with Crippen LogP contribution in [0.1, 0.15) is 27.7 Å². The number of hydrogen-bond donors (Lipinski definition) is 1. The highest BCUT2D eigenvalue weighted by Gasteiger charge is 2.27. The maximum absolute atomic E-state index is 13.5. The minimum atomic E-state index is -0.608. The number of nitrogens with zero attached hydrogens (tertiary/aromatic N) is 5. The van der Waals surface area contributed by atoms with E-state index in [4.69, 9.17) is 4.52 Å². The van der Waals surface area contributed by atoms with Gasteiger partial charge < -0.3 is 9.84 Å². The molecule has 9 heteroatoms. The molecule has 0 aliphatic carbocycles. The number of aromatic nitrogens is 5. The number of nitrogens with one attached hydrogen (secondary N) is 1. The summed E-state index contributed by atoms with van der Waals surface area (Å²) in [5.41, 5.74) is 4.96. The summed E-state index contributed by atoms with van der Waals surface area (Å²) in [5, 5.41) is 15.8. The molecule has 0 aliphatic rings. The SMILES string of the molecule is Cc1cc(NC(=O)[C@H](Sc2nnc(-c3ccncc3)n2-c2ccc(C)c(C)c2)c2ccccc2)no1. The van der Waals surface area contributed by atoms with Crippen LogP contribution in [0, 0.1) is 20.8 Å². The lowest BCUT2D eigenvalue weighted by Gasteiger charge is -2.17. The molecular weight excluding hydrogens is 472 g/mol. The molecule has 3 aromatic heterocycles. The number of pyridine rings is 1. The topological polar surface area (TPSA) is 98.7 Å². The molecule has 1 amide bonds. The zero-order chi connectivity index (χ0) is 25.1. The second-order valence-corrected chi connectivity index (χ2v) is 9.44. The maximum Gasteiger partial charge on any atom is 0.243 e. The third-order valence-corrected chi connectivity index (χ3v) is 6.96. The molecule has 2 aromatic carbocycles. The second kappa shape index (κ2) is 10.2. The molecule has 0 saturated heterocycles. The minimum absolute atomic E-state index is 0.236. The minimum Gasteiger partial charge on any atom is -0.360 e. The highest BCUT2D eigenvalue weighted by atomic mass is 32.2. The summed E-state index contributed by atoms with van der Waals surface area (Å²) in [5.74, 6) is 1.42. The third kappa shape index (κ3) is 4.92. The van der Waals surface area contributed by atoms with Gasteiger partial charge >= 0.3 is 0 Å². The number of amides is 1. The van der Waals surface area contributed by atoms with E-state index in [1.165, 1.54) is 17.3 Å². The lowest BCUT2D eigenvalue weighted by Crippen LogP contribution is -2.19. The van der Waals surface area contributed by atoms with Crippen molar-refractivity contribution < 1.29 is 9.32 Å². The van der Waals surface area contributed by atoms with Gasteiger partial charge in [-0.3, -0.25) is 14.3 Å². The Hall–Kier alpha value is -4.24. The summed E-state index contributed by atoms with van der Waals surface area (Å²) in [6.07, 6.45) is 3.45. The third-order valence-electron chi connectivity index (χ3n) is 5.76. The Labute approximate surface area is 212 Å². The van der Waals surface area contributed by atoms with Crippen LogP contribution < -0.4 is 5.32 Å². The van der Waals surface area contributed by atoms with Gasteiger partial charge in [0.25, 0.3) is 0 Å². The fraction of sp³-hybridized carbons (Fsp3) is 0.148. The van der Waals surface area contributed by atoms with Crippen molar-refractivity contribution in [3.63, 3.8) is 0 Å². The van der Waals surface area contributed by atoms with E-state index in [2.05, 4.69) is 51.6 Å². The molecule has 0 spiro atoms.